The molecule has 0 N–H and O–H groups in total. The van der Waals surface area contributed by atoms with Gasteiger partial charge in [-0.15, -0.1) is 11.3 Å². The molecule has 0 atom stereocenters. The highest BCUT2D eigenvalue weighted by atomic mass is 127. The lowest BCUT2D eigenvalue weighted by Crippen LogP contribution is -1.99. The molecule has 0 spiro atoms. The molecule has 0 aromatic carbocycles. The number of halogens is 2. The molecule has 0 saturated carbocycles. The zero-order chi connectivity index (χ0) is 10.8. The van der Waals surface area contributed by atoms with Gasteiger partial charge in [-0.05, 0) is 29.0 Å². The number of rotatable bonds is 2. The van der Waals surface area contributed by atoms with Crippen molar-refractivity contribution in [1.82, 2.24) is 15.0 Å². The first-order valence-electron chi connectivity index (χ1n) is 4.32. The van der Waals surface area contributed by atoms with E-state index in [0.717, 1.165) is 21.4 Å². The SMILES string of the molecule is CCc1nc(-c2cscn2)nc(Cl)c1I. The van der Waals surface area contributed by atoms with E-state index < -0.39 is 0 Å². The Morgan fingerprint density at radius 3 is 2.87 bits per heavy atom. The lowest BCUT2D eigenvalue weighted by atomic mass is 10.3. The molecular weight excluding hydrogens is 345 g/mol. The highest BCUT2D eigenvalue weighted by Gasteiger charge is 2.11. The highest BCUT2D eigenvalue weighted by Crippen LogP contribution is 2.23. The summed E-state index contributed by atoms with van der Waals surface area (Å²) in [5.41, 5.74) is 3.52. The van der Waals surface area contributed by atoms with Gasteiger partial charge in [0.15, 0.2) is 5.82 Å². The molecular formula is C9H7ClIN3S. The average Bonchev–Trinajstić information content (AvgIpc) is 2.75. The maximum absolute atomic E-state index is 6.03. The van der Waals surface area contributed by atoms with Crippen LogP contribution in [-0.2, 0) is 6.42 Å². The molecule has 78 valence electrons. The van der Waals surface area contributed by atoms with E-state index in [-0.39, 0.29) is 0 Å². The van der Waals surface area contributed by atoms with Crippen LogP contribution < -0.4 is 0 Å². The normalized spacial score (nSPS) is 10.6. The van der Waals surface area contributed by atoms with Crippen molar-refractivity contribution in [1.29, 1.82) is 0 Å². The van der Waals surface area contributed by atoms with Gasteiger partial charge < -0.3 is 0 Å². The van der Waals surface area contributed by atoms with Crippen molar-refractivity contribution in [3.63, 3.8) is 0 Å². The summed E-state index contributed by atoms with van der Waals surface area (Å²) >= 11 is 9.72. The fourth-order valence-corrected chi connectivity index (χ4v) is 2.48. The first-order chi connectivity index (χ1) is 7.22. The molecule has 0 amide bonds. The van der Waals surface area contributed by atoms with Gasteiger partial charge in [-0.1, -0.05) is 18.5 Å². The molecule has 3 nitrogen and oxygen atoms in total. The van der Waals surface area contributed by atoms with Crippen molar-refractivity contribution in [3.8, 4) is 11.5 Å². The van der Waals surface area contributed by atoms with E-state index in [2.05, 4.69) is 37.5 Å². The van der Waals surface area contributed by atoms with Crippen LogP contribution >= 0.6 is 45.5 Å². The summed E-state index contributed by atoms with van der Waals surface area (Å²) in [6.07, 6.45) is 0.845. The van der Waals surface area contributed by atoms with Crippen LogP contribution in [0, 0.1) is 3.57 Å². The zero-order valence-electron chi connectivity index (χ0n) is 7.87. The van der Waals surface area contributed by atoms with E-state index in [1.807, 2.05) is 12.3 Å². The maximum Gasteiger partial charge on any atom is 0.180 e. The third-order valence-corrected chi connectivity index (χ3v) is 4.19. The Hall–Kier alpha value is -0.270. The van der Waals surface area contributed by atoms with Crippen LogP contribution in [0.4, 0.5) is 0 Å². The summed E-state index contributed by atoms with van der Waals surface area (Å²) in [6.45, 7) is 2.05. The Morgan fingerprint density at radius 2 is 2.27 bits per heavy atom. The quantitative estimate of drug-likeness (QED) is 0.615. The van der Waals surface area contributed by atoms with Gasteiger partial charge in [0.1, 0.15) is 10.8 Å². The topological polar surface area (TPSA) is 38.7 Å². The molecule has 0 radical (unpaired) electrons. The van der Waals surface area contributed by atoms with Crippen molar-refractivity contribution in [2.24, 2.45) is 0 Å². The second-order valence-corrected chi connectivity index (χ2v) is 4.98. The summed E-state index contributed by atoms with van der Waals surface area (Å²) in [7, 11) is 0. The predicted octanol–water partition coefficient (Wildman–Crippen LogP) is 3.42. The van der Waals surface area contributed by atoms with Gasteiger partial charge in [-0.3, -0.25) is 0 Å². The molecule has 2 heterocycles. The molecule has 2 aromatic heterocycles. The van der Waals surface area contributed by atoms with Crippen LogP contribution in [0.2, 0.25) is 5.15 Å². The molecule has 0 aliphatic rings. The van der Waals surface area contributed by atoms with Gasteiger partial charge in [-0.2, -0.15) is 0 Å². The lowest BCUT2D eigenvalue weighted by Gasteiger charge is -2.04. The zero-order valence-corrected chi connectivity index (χ0v) is 11.6. The van der Waals surface area contributed by atoms with Crippen LogP contribution in [0.15, 0.2) is 10.9 Å². The summed E-state index contributed by atoms with van der Waals surface area (Å²) in [5.74, 6) is 0.610. The third-order valence-electron chi connectivity index (χ3n) is 1.88. The number of thiazole rings is 1. The molecule has 2 aromatic rings. The molecule has 0 bridgehead atoms. The molecule has 0 aliphatic carbocycles. The minimum absolute atomic E-state index is 0.505. The van der Waals surface area contributed by atoms with Crippen molar-refractivity contribution in [3.05, 3.63) is 25.3 Å². The summed E-state index contributed by atoms with van der Waals surface area (Å²) in [4.78, 5) is 12.8. The molecule has 15 heavy (non-hydrogen) atoms. The Balaban J connectivity index is 2.55. The van der Waals surface area contributed by atoms with Gasteiger partial charge >= 0.3 is 0 Å². The monoisotopic (exact) mass is 351 g/mol. The third kappa shape index (κ3) is 2.29. The van der Waals surface area contributed by atoms with E-state index in [4.69, 9.17) is 11.6 Å². The fourth-order valence-electron chi connectivity index (χ4n) is 1.13. The fraction of sp³-hybridized carbons (Fsp3) is 0.222. The molecule has 0 unspecified atom stereocenters. The summed E-state index contributed by atoms with van der Waals surface area (Å²) < 4.78 is 0.927. The van der Waals surface area contributed by atoms with E-state index in [1.54, 1.807) is 5.51 Å². The van der Waals surface area contributed by atoms with Crippen LogP contribution in [-0.4, -0.2) is 15.0 Å². The largest absolute Gasteiger partial charge is 0.241 e. The van der Waals surface area contributed by atoms with Crippen molar-refractivity contribution in [2.75, 3.05) is 0 Å². The number of hydrogen-bond acceptors (Lipinski definition) is 4. The second kappa shape index (κ2) is 4.71. The van der Waals surface area contributed by atoms with Crippen molar-refractivity contribution < 1.29 is 0 Å². The van der Waals surface area contributed by atoms with E-state index in [9.17, 15) is 0 Å². The second-order valence-electron chi connectivity index (χ2n) is 2.83. The molecule has 0 saturated heterocycles. The predicted molar refractivity (Wildman–Crippen MR) is 70.2 cm³/mol. The Kier molecular flexibility index (Phi) is 3.53. The maximum atomic E-state index is 6.03. The van der Waals surface area contributed by atoms with E-state index >= 15 is 0 Å². The summed E-state index contributed by atoms with van der Waals surface area (Å²) in [6, 6.07) is 0. The minimum Gasteiger partial charge on any atom is -0.241 e. The number of hydrogen-bond donors (Lipinski definition) is 0. The lowest BCUT2D eigenvalue weighted by molar-refractivity contribution is 0.985. The first kappa shape index (κ1) is 11.2. The van der Waals surface area contributed by atoms with E-state index in [1.165, 1.54) is 11.3 Å². The Morgan fingerprint density at radius 1 is 1.47 bits per heavy atom. The van der Waals surface area contributed by atoms with E-state index in [0.29, 0.717) is 11.0 Å². The summed E-state index contributed by atoms with van der Waals surface area (Å²) in [5, 5.41) is 2.42. The molecule has 0 aliphatic heterocycles. The highest BCUT2D eigenvalue weighted by molar-refractivity contribution is 14.1. The van der Waals surface area contributed by atoms with Crippen molar-refractivity contribution >= 4 is 45.5 Å². The van der Waals surface area contributed by atoms with Crippen LogP contribution in [0.5, 0.6) is 0 Å². The molecule has 2 rings (SSSR count). The van der Waals surface area contributed by atoms with Gasteiger partial charge in [0.2, 0.25) is 0 Å². The van der Waals surface area contributed by atoms with Crippen LogP contribution in [0.3, 0.4) is 0 Å². The Bertz CT molecular complexity index is 472. The van der Waals surface area contributed by atoms with Gasteiger partial charge in [0, 0.05) is 5.38 Å². The van der Waals surface area contributed by atoms with Gasteiger partial charge in [-0.25, -0.2) is 15.0 Å². The first-order valence-corrected chi connectivity index (χ1v) is 6.72. The average molecular weight is 352 g/mol. The Labute approximate surface area is 110 Å². The van der Waals surface area contributed by atoms with Crippen LogP contribution in [0.1, 0.15) is 12.6 Å². The molecule has 6 heteroatoms. The standard InChI is InChI=1S/C9H7ClIN3S/c1-2-5-7(11)8(10)14-9(13-5)6-3-15-4-12-6/h3-4H,2H2,1H3. The number of aromatic nitrogens is 3. The van der Waals surface area contributed by atoms with Crippen molar-refractivity contribution in [2.45, 2.75) is 13.3 Å². The smallest absolute Gasteiger partial charge is 0.180 e. The number of aryl methyl sites for hydroxylation is 1. The van der Waals surface area contributed by atoms with Gasteiger partial charge in [0.25, 0.3) is 0 Å². The minimum atomic E-state index is 0.505. The molecule has 0 fully saturated rings. The number of nitrogens with zero attached hydrogens (tertiary/aromatic N) is 3. The van der Waals surface area contributed by atoms with Gasteiger partial charge in [0.05, 0.1) is 14.8 Å². The van der Waals surface area contributed by atoms with Crippen LogP contribution in [0.25, 0.3) is 11.5 Å².